The summed E-state index contributed by atoms with van der Waals surface area (Å²) in [6.45, 7) is 9.50. The second kappa shape index (κ2) is 18.7. The number of urea groups is 1. The first kappa shape index (κ1) is 40.0. The van der Waals surface area contributed by atoms with E-state index in [9.17, 15) is 29.1 Å². The minimum atomic E-state index is -1.26. The number of aryl methyl sites for hydroxylation is 2. The Kier molecular flexibility index (Phi) is 13.9. The van der Waals surface area contributed by atoms with Crippen LogP contribution in [-0.2, 0) is 36.7 Å². The normalized spacial score (nSPS) is 19.2. The minimum absolute atomic E-state index is 0.0192. The van der Waals surface area contributed by atoms with Gasteiger partial charge in [-0.15, -0.1) is 0 Å². The topological polar surface area (TPSA) is 189 Å². The summed E-state index contributed by atoms with van der Waals surface area (Å²) in [6, 6.07) is 12.0. The number of benzene rings is 2. The van der Waals surface area contributed by atoms with E-state index in [1.54, 1.807) is 4.90 Å². The molecular weight excluding hydrogens is 698 g/mol. The van der Waals surface area contributed by atoms with Gasteiger partial charge in [0.25, 0.3) is 5.91 Å². The number of anilines is 1. The third kappa shape index (κ3) is 10.7. The number of aromatic hydroxyl groups is 1. The van der Waals surface area contributed by atoms with Crippen LogP contribution >= 0.6 is 0 Å². The average molecular weight is 750 g/mol. The molecule has 0 aliphatic carbocycles. The number of phenolic OH excluding ortho intramolecular Hbond substituents is 1. The van der Waals surface area contributed by atoms with Crippen molar-refractivity contribution in [3.05, 3.63) is 70.8 Å². The highest BCUT2D eigenvalue weighted by atomic mass is 16.6. The zero-order valence-corrected chi connectivity index (χ0v) is 30.9. The third-order valence-corrected chi connectivity index (χ3v) is 10.5. The van der Waals surface area contributed by atoms with Crippen LogP contribution < -0.4 is 5.32 Å². The Bertz CT molecular complexity index is 1660. The van der Waals surface area contributed by atoms with Crippen molar-refractivity contribution in [3.63, 3.8) is 0 Å². The zero-order chi connectivity index (χ0) is 38.8. The Balaban J connectivity index is 0.000000631. The van der Waals surface area contributed by atoms with Crippen LogP contribution in [0.1, 0.15) is 47.9 Å². The molecule has 0 radical (unpaired) electrons. The number of fused-ring (bicyclic) bond motifs is 1. The summed E-state index contributed by atoms with van der Waals surface area (Å²) in [5, 5.41) is 29.0. The predicted octanol–water partition coefficient (Wildman–Crippen LogP) is 3.65. The Morgan fingerprint density at radius 2 is 1.46 bits per heavy atom. The second-order valence-corrected chi connectivity index (χ2v) is 14.1. The van der Waals surface area contributed by atoms with Crippen LogP contribution in [0.25, 0.3) is 0 Å². The molecule has 0 bridgehead atoms. The highest BCUT2D eigenvalue weighted by Crippen LogP contribution is 2.27. The summed E-state index contributed by atoms with van der Waals surface area (Å²) in [7, 11) is 0. The van der Waals surface area contributed by atoms with Crippen LogP contribution in [0.15, 0.2) is 48.6 Å². The lowest BCUT2D eigenvalue weighted by atomic mass is 10.00. The number of carboxylic acids is 2. The van der Waals surface area contributed by atoms with Crippen LogP contribution in [0.2, 0.25) is 0 Å². The standard InChI is InChI=1S/C35H47N5O6.C4H4O4/c1-24-21-26(22-25(2)32(24)41)23-31(33(42)38-17-15-37(16-18-38)28-10-19-45-20-11-28)46-35(44)39-12-8-29(9-13-39)40-14-7-27-5-3-4-6-30(27)36-34(40)43;5-3(6)1-2-4(7)8/h3-6,21-22,28-29,31,41H,7-20,23H2,1-2H3,(H,36,43);1-2H,(H,5,6)(H,7,8). The number of likely N-dealkylation sites (tertiary alicyclic amines) is 1. The number of hydrogen-bond acceptors (Lipinski definition) is 9. The van der Waals surface area contributed by atoms with Crippen molar-refractivity contribution in [2.45, 2.75) is 70.6 Å². The largest absolute Gasteiger partial charge is 0.507 e. The van der Waals surface area contributed by atoms with E-state index < -0.39 is 24.1 Å². The van der Waals surface area contributed by atoms with E-state index in [1.165, 1.54) is 0 Å². The summed E-state index contributed by atoms with van der Waals surface area (Å²) in [4.78, 5) is 67.5. The summed E-state index contributed by atoms with van der Waals surface area (Å²) in [5.74, 6) is -2.46. The van der Waals surface area contributed by atoms with Gasteiger partial charge in [-0.05, 0) is 74.3 Å². The predicted molar refractivity (Wildman–Crippen MR) is 198 cm³/mol. The van der Waals surface area contributed by atoms with Crippen molar-refractivity contribution in [2.75, 3.05) is 64.3 Å². The molecule has 4 amide bonds. The maximum atomic E-state index is 14.0. The van der Waals surface area contributed by atoms with Crippen molar-refractivity contribution in [1.29, 1.82) is 0 Å². The molecule has 4 heterocycles. The Morgan fingerprint density at radius 3 is 2.07 bits per heavy atom. The van der Waals surface area contributed by atoms with Gasteiger partial charge in [0.05, 0.1) is 0 Å². The average Bonchev–Trinajstić information content (AvgIpc) is 3.34. The van der Waals surface area contributed by atoms with Gasteiger partial charge in [0.2, 0.25) is 0 Å². The van der Waals surface area contributed by atoms with Crippen molar-refractivity contribution < 1.29 is 48.8 Å². The molecular formula is C39H51N5O10. The molecule has 292 valence electrons. The monoisotopic (exact) mass is 749 g/mol. The lowest BCUT2D eigenvalue weighted by Crippen LogP contribution is -2.56. The number of carboxylic acid groups (broad SMARTS) is 2. The number of hydrogen-bond donors (Lipinski definition) is 4. The fourth-order valence-corrected chi connectivity index (χ4v) is 7.56. The number of phenols is 1. The van der Waals surface area contributed by atoms with Gasteiger partial charge in [-0.25, -0.2) is 19.2 Å². The smallest absolute Gasteiger partial charge is 0.410 e. The lowest BCUT2D eigenvalue weighted by Gasteiger charge is -2.41. The molecule has 54 heavy (non-hydrogen) atoms. The van der Waals surface area contributed by atoms with E-state index >= 15 is 0 Å². The van der Waals surface area contributed by atoms with E-state index in [4.69, 9.17) is 19.7 Å². The van der Waals surface area contributed by atoms with Crippen molar-refractivity contribution in [3.8, 4) is 5.75 Å². The quantitative estimate of drug-likeness (QED) is 0.289. The Labute approximate surface area is 315 Å². The first-order chi connectivity index (χ1) is 25.9. The van der Waals surface area contributed by atoms with E-state index in [1.807, 2.05) is 60.0 Å². The number of amides is 4. The molecule has 2 aromatic rings. The summed E-state index contributed by atoms with van der Waals surface area (Å²) in [5.41, 5.74) is 4.27. The zero-order valence-electron chi connectivity index (χ0n) is 30.9. The van der Waals surface area contributed by atoms with E-state index in [0.717, 1.165) is 73.5 Å². The number of piperidine rings is 1. The third-order valence-electron chi connectivity index (χ3n) is 10.5. The second-order valence-electron chi connectivity index (χ2n) is 14.1. The number of para-hydroxylation sites is 1. The molecule has 3 saturated heterocycles. The minimum Gasteiger partial charge on any atom is -0.507 e. The highest BCUT2D eigenvalue weighted by molar-refractivity contribution is 5.91. The van der Waals surface area contributed by atoms with Gasteiger partial charge in [-0.3, -0.25) is 9.69 Å². The molecule has 3 fully saturated rings. The molecule has 0 aromatic heterocycles. The molecule has 4 aliphatic heterocycles. The highest BCUT2D eigenvalue weighted by Gasteiger charge is 2.36. The molecule has 4 aliphatic rings. The number of ether oxygens (including phenoxy) is 2. The molecule has 15 heteroatoms. The van der Waals surface area contributed by atoms with Crippen LogP contribution in [0, 0.1) is 13.8 Å². The molecule has 4 N–H and O–H groups in total. The van der Waals surface area contributed by atoms with Gasteiger partial charge in [0.1, 0.15) is 5.75 Å². The number of aliphatic carboxylic acids is 2. The van der Waals surface area contributed by atoms with Crippen LogP contribution in [0.3, 0.4) is 0 Å². The SMILES string of the molecule is Cc1cc(CC(OC(=O)N2CCC(N3CCc4ccccc4NC3=O)CC2)C(=O)N2CCN(C3CCOCC3)CC2)cc(C)c1O.O=C(O)C=CC(=O)O. The molecule has 0 saturated carbocycles. The molecule has 1 unspecified atom stereocenters. The van der Waals surface area contributed by atoms with E-state index in [0.29, 0.717) is 63.8 Å². The first-order valence-electron chi connectivity index (χ1n) is 18.5. The van der Waals surface area contributed by atoms with E-state index in [2.05, 4.69) is 10.2 Å². The van der Waals surface area contributed by atoms with Crippen LogP contribution in [-0.4, -0.2) is 142 Å². The summed E-state index contributed by atoms with van der Waals surface area (Å²) >= 11 is 0. The van der Waals surface area contributed by atoms with Crippen molar-refractivity contribution >= 4 is 35.7 Å². The Hall–Kier alpha value is -5.15. The van der Waals surface area contributed by atoms with Gasteiger partial charge < -0.3 is 44.8 Å². The fourth-order valence-electron chi connectivity index (χ4n) is 7.56. The number of nitrogens with zero attached hydrogens (tertiary/aromatic N) is 4. The van der Waals surface area contributed by atoms with Crippen LogP contribution in [0.4, 0.5) is 15.3 Å². The van der Waals surface area contributed by atoms with Gasteiger partial charge in [-0.1, -0.05) is 30.3 Å². The summed E-state index contributed by atoms with van der Waals surface area (Å²) in [6.07, 6.45) is 3.96. The molecule has 6 rings (SSSR count). The summed E-state index contributed by atoms with van der Waals surface area (Å²) < 4.78 is 11.6. The van der Waals surface area contributed by atoms with Crippen molar-refractivity contribution in [2.24, 2.45) is 0 Å². The number of carbonyl (C=O) groups excluding carboxylic acids is 3. The lowest BCUT2D eigenvalue weighted by molar-refractivity contribution is -0.143. The van der Waals surface area contributed by atoms with Gasteiger partial charge in [0, 0.05) is 95.4 Å². The number of nitrogens with one attached hydrogen (secondary N) is 1. The fraction of sp³-hybridized carbons (Fsp3) is 0.513. The molecule has 15 nitrogen and oxygen atoms in total. The molecule has 2 aromatic carbocycles. The van der Waals surface area contributed by atoms with Gasteiger partial charge in [-0.2, -0.15) is 0 Å². The maximum absolute atomic E-state index is 14.0. The number of carbonyl (C=O) groups is 5. The number of piperazine rings is 1. The Morgan fingerprint density at radius 1 is 0.852 bits per heavy atom. The molecule has 1 atom stereocenters. The van der Waals surface area contributed by atoms with Crippen molar-refractivity contribution in [1.82, 2.24) is 19.6 Å². The van der Waals surface area contributed by atoms with Gasteiger partial charge >= 0.3 is 24.1 Å². The maximum Gasteiger partial charge on any atom is 0.410 e. The number of rotatable bonds is 8. The van der Waals surface area contributed by atoms with Gasteiger partial charge in [0.15, 0.2) is 6.10 Å². The van der Waals surface area contributed by atoms with E-state index in [-0.39, 0.29) is 30.2 Å². The molecule has 0 spiro atoms. The van der Waals surface area contributed by atoms with Crippen LogP contribution in [0.5, 0.6) is 5.75 Å². The first-order valence-corrected chi connectivity index (χ1v) is 18.5.